The van der Waals surface area contributed by atoms with E-state index in [2.05, 4.69) is 10.7 Å². The van der Waals surface area contributed by atoms with Crippen molar-refractivity contribution in [1.29, 1.82) is 0 Å². The van der Waals surface area contributed by atoms with E-state index in [-0.39, 0.29) is 5.96 Å². The summed E-state index contributed by atoms with van der Waals surface area (Å²) in [5.74, 6) is 0.0588. The standard InChI is InChI=1S/C4H12N4O/c5-2-1-3-7-4(6)8-9/h9H,1-3,5H2,(H3,6,7,8)/p+1. The van der Waals surface area contributed by atoms with Gasteiger partial charge in [0.15, 0.2) is 0 Å². The summed E-state index contributed by atoms with van der Waals surface area (Å²) >= 11 is 0. The third kappa shape index (κ3) is 5.05. The Kier molecular flexibility index (Phi) is 4.85. The topological polar surface area (TPSA) is 98.3 Å². The maximum absolute atomic E-state index is 8.11. The van der Waals surface area contributed by atoms with Crippen LogP contribution in [0.4, 0.5) is 0 Å². The minimum absolute atomic E-state index is 0.0588. The highest BCUT2D eigenvalue weighted by Crippen LogP contribution is 1.73. The number of guanidine groups is 1. The second-order valence-corrected chi connectivity index (χ2v) is 1.59. The molecule has 0 heterocycles. The van der Waals surface area contributed by atoms with Crippen molar-refractivity contribution >= 4 is 5.96 Å². The first-order valence-electron chi connectivity index (χ1n) is 2.80. The third-order valence-corrected chi connectivity index (χ3v) is 0.805. The van der Waals surface area contributed by atoms with Crippen molar-refractivity contribution in [3.8, 4) is 0 Å². The SMILES string of the molecule is NC(=NCCC[NH3+])NO. The number of nitrogens with zero attached hydrogens (tertiary/aromatic N) is 1. The minimum atomic E-state index is 0.0588. The molecule has 0 aliphatic rings. The molecule has 0 spiro atoms. The Morgan fingerprint density at radius 2 is 2.44 bits per heavy atom. The van der Waals surface area contributed by atoms with Crippen LogP contribution in [0.2, 0.25) is 0 Å². The fourth-order valence-corrected chi connectivity index (χ4v) is 0.347. The smallest absolute Gasteiger partial charge is 0.212 e. The highest BCUT2D eigenvalue weighted by atomic mass is 16.5. The van der Waals surface area contributed by atoms with Gasteiger partial charge in [0, 0.05) is 13.0 Å². The number of hydroxylamine groups is 1. The van der Waals surface area contributed by atoms with Crippen LogP contribution in [-0.2, 0) is 0 Å². The van der Waals surface area contributed by atoms with Gasteiger partial charge in [-0.3, -0.25) is 10.2 Å². The molecule has 0 amide bonds. The van der Waals surface area contributed by atoms with Gasteiger partial charge in [0.25, 0.3) is 0 Å². The van der Waals surface area contributed by atoms with Crippen molar-refractivity contribution in [1.82, 2.24) is 5.48 Å². The summed E-state index contributed by atoms with van der Waals surface area (Å²) in [7, 11) is 0. The number of quaternary nitrogens is 1. The van der Waals surface area contributed by atoms with Crippen LogP contribution in [0.3, 0.4) is 0 Å². The normalized spacial score (nSPS) is 11.6. The van der Waals surface area contributed by atoms with Gasteiger partial charge in [0.1, 0.15) is 0 Å². The van der Waals surface area contributed by atoms with Crippen molar-refractivity contribution in [2.45, 2.75) is 6.42 Å². The van der Waals surface area contributed by atoms with Crippen LogP contribution in [0.15, 0.2) is 4.99 Å². The highest BCUT2D eigenvalue weighted by molar-refractivity contribution is 5.76. The average Bonchev–Trinajstić information content (AvgIpc) is 1.89. The third-order valence-electron chi connectivity index (χ3n) is 0.805. The van der Waals surface area contributed by atoms with Crippen LogP contribution in [0.25, 0.3) is 0 Å². The Balaban J connectivity index is 3.21. The molecular formula is C4H13N4O+. The molecule has 0 saturated carbocycles. The number of nitrogens with one attached hydrogen (secondary N) is 1. The van der Waals surface area contributed by atoms with Crippen LogP contribution in [0.5, 0.6) is 0 Å². The van der Waals surface area contributed by atoms with Gasteiger partial charge in [-0.25, -0.2) is 5.48 Å². The second-order valence-electron chi connectivity index (χ2n) is 1.59. The maximum atomic E-state index is 8.11. The Morgan fingerprint density at radius 1 is 1.78 bits per heavy atom. The summed E-state index contributed by atoms with van der Waals surface area (Å²) in [4.78, 5) is 3.73. The predicted molar refractivity (Wildman–Crippen MR) is 33.8 cm³/mol. The predicted octanol–water partition coefficient (Wildman–Crippen LogP) is -2.09. The fraction of sp³-hybridized carbons (Fsp3) is 0.750. The molecule has 0 atom stereocenters. The van der Waals surface area contributed by atoms with E-state index in [1.807, 2.05) is 0 Å². The largest absolute Gasteiger partial charge is 0.368 e. The monoisotopic (exact) mass is 133 g/mol. The number of hydrogen-bond acceptors (Lipinski definition) is 2. The van der Waals surface area contributed by atoms with E-state index in [0.717, 1.165) is 13.0 Å². The van der Waals surface area contributed by atoms with Gasteiger partial charge in [0.05, 0.1) is 6.54 Å². The van der Waals surface area contributed by atoms with Gasteiger partial charge in [-0.1, -0.05) is 0 Å². The summed E-state index contributed by atoms with van der Waals surface area (Å²) in [5.41, 5.74) is 10.4. The average molecular weight is 133 g/mol. The van der Waals surface area contributed by atoms with Crippen LogP contribution in [0.1, 0.15) is 6.42 Å². The van der Waals surface area contributed by atoms with Crippen LogP contribution in [-0.4, -0.2) is 24.3 Å². The van der Waals surface area contributed by atoms with E-state index in [9.17, 15) is 0 Å². The van der Waals surface area contributed by atoms with Gasteiger partial charge in [-0.15, -0.1) is 0 Å². The van der Waals surface area contributed by atoms with E-state index in [4.69, 9.17) is 10.9 Å². The van der Waals surface area contributed by atoms with Crippen LogP contribution >= 0.6 is 0 Å². The molecule has 54 valence electrons. The minimum Gasteiger partial charge on any atom is -0.368 e. The molecule has 0 bridgehead atoms. The maximum Gasteiger partial charge on any atom is 0.212 e. The Bertz CT molecular complexity index is 92.6. The summed E-state index contributed by atoms with van der Waals surface area (Å²) in [6, 6.07) is 0. The van der Waals surface area contributed by atoms with Crippen molar-refractivity contribution < 1.29 is 10.9 Å². The van der Waals surface area contributed by atoms with Gasteiger partial charge in [0.2, 0.25) is 5.96 Å². The second kappa shape index (κ2) is 5.33. The molecule has 0 aliphatic carbocycles. The molecule has 0 fully saturated rings. The number of hydrogen-bond donors (Lipinski definition) is 4. The van der Waals surface area contributed by atoms with Crippen LogP contribution < -0.4 is 16.9 Å². The quantitative estimate of drug-likeness (QED) is 0.154. The van der Waals surface area contributed by atoms with E-state index in [1.54, 1.807) is 5.48 Å². The molecular weight excluding hydrogens is 120 g/mol. The van der Waals surface area contributed by atoms with Gasteiger partial charge < -0.3 is 11.5 Å². The number of aliphatic imine (C=N–C) groups is 1. The zero-order chi connectivity index (χ0) is 7.11. The lowest BCUT2D eigenvalue weighted by atomic mass is 10.4. The van der Waals surface area contributed by atoms with Gasteiger partial charge in [-0.05, 0) is 0 Å². The lowest BCUT2D eigenvalue weighted by molar-refractivity contribution is -0.367. The van der Waals surface area contributed by atoms with Crippen molar-refractivity contribution in [2.24, 2.45) is 10.7 Å². The molecule has 0 aliphatic heterocycles. The summed E-state index contributed by atoms with van der Waals surface area (Å²) in [6.07, 6.45) is 0.891. The number of nitrogens with two attached hydrogens (primary N) is 1. The summed E-state index contributed by atoms with van der Waals surface area (Å²) in [6.45, 7) is 1.45. The lowest BCUT2D eigenvalue weighted by Crippen LogP contribution is -2.50. The molecule has 0 aromatic rings. The van der Waals surface area contributed by atoms with Gasteiger partial charge in [-0.2, -0.15) is 0 Å². The lowest BCUT2D eigenvalue weighted by Gasteiger charge is -1.94. The molecule has 5 nitrogen and oxygen atoms in total. The highest BCUT2D eigenvalue weighted by Gasteiger charge is 1.84. The van der Waals surface area contributed by atoms with Crippen molar-refractivity contribution in [2.75, 3.05) is 13.1 Å². The molecule has 0 aromatic heterocycles. The van der Waals surface area contributed by atoms with Crippen LogP contribution in [0, 0.1) is 0 Å². The molecule has 0 saturated heterocycles. The first-order valence-corrected chi connectivity index (χ1v) is 2.80. The van der Waals surface area contributed by atoms with E-state index >= 15 is 0 Å². The summed E-state index contributed by atoms with van der Waals surface area (Å²) < 4.78 is 0. The zero-order valence-corrected chi connectivity index (χ0v) is 5.30. The van der Waals surface area contributed by atoms with E-state index < -0.39 is 0 Å². The van der Waals surface area contributed by atoms with Gasteiger partial charge >= 0.3 is 0 Å². The molecule has 7 N–H and O–H groups in total. The first kappa shape index (κ1) is 8.19. The Hall–Kier alpha value is -0.810. The molecule has 0 aromatic carbocycles. The Labute approximate surface area is 53.7 Å². The van der Waals surface area contributed by atoms with E-state index in [1.165, 1.54) is 0 Å². The fourth-order valence-electron chi connectivity index (χ4n) is 0.347. The molecule has 0 rings (SSSR count). The summed E-state index contributed by atoms with van der Waals surface area (Å²) in [5, 5.41) is 8.11. The molecule has 5 heteroatoms. The molecule has 9 heavy (non-hydrogen) atoms. The molecule has 0 unspecified atom stereocenters. The van der Waals surface area contributed by atoms with Crippen molar-refractivity contribution in [3.05, 3.63) is 0 Å². The number of rotatable bonds is 3. The zero-order valence-electron chi connectivity index (χ0n) is 5.30. The van der Waals surface area contributed by atoms with E-state index in [0.29, 0.717) is 6.54 Å². The first-order chi connectivity index (χ1) is 4.31. The molecule has 0 radical (unpaired) electrons. The Morgan fingerprint density at radius 3 is 2.89 bits per heavy atom. The van der Waals surface area contributed by atoms with Crippen molar-refractivity contribution in [3.63, 3.8) is 0 Å².